The van der Waals surface area contributed by atoms with Crippen molar-refractivity contribution in [2.75, 3.05) is 13.7 Å². The summed E-state index contributed by atoms with van der Waals surface area (Å²) in [5, 5.41) is 25.2. The van der Waals surface area contributed by atoms with Gasteiger partial charge in [-0.1, -0.05) is 36.4 Å². The number of para-hydroxylation sites is 1. The number of nitrogens with one attached hydrogen (secondary N) is 2. The van der Waals surface area contributed by atoms with E-state index >= 15 is 0 Å². The van der Waals surface area contributed by atoms with Gasteiger partial charge in [0.05, 0.1) is 19.9 Å². The van der Waals surface area contributed by atoms with Crippen LogP contribution in [0.3, 0.4) is 0 Å². The minimum atomic E-state index is -1.25. The van der Waals surface area contributed by atoms with E-state index < -0.39 is 24.6 Å². The third kappa shape index (κ3) is 5.99. The lowest BCUT2D eigenvalue weighted by Gasteiger charge is -2.14. The number of ether oxygens (including phenoxy) is 2. The second-order valence-corrected chi connectivity index (χ2v) is 5.57. The van der Waals surface area contributed by atoms with Crippen LogP contribution >= 0.6 is 0 Å². The molecule has 0 bridgehead atoms. The number of phenolic OH excluding ortho intramolecular Hbond substituents is 1. The zero-order valence-corrected chi connectivity index (χ0v) is 15.2. The lowest BCUT2D eigenvalue weighted by Crippen LogP contribution is -2.47. The Bertz CT molecular complexity index is 826. The van der Waals surface area contributed by atoms with Gasteiger partial charge >= 0.3 is 6.09 Å². The number of aliphatic hydroxyl groups excluding tert-OH is 1. The van der Waals surface area contributed by atoms with Crippen molar-refractivity contribution in [3.8, 4) is 11.5 Å². The van der Waals surface area contributed by atoms with Crippen molar-refractivity contribution in [1.82, 2.24) is 10.7 Å². The quantitative estimate of drug-likeness (QED) is 0.397. The van der Waals surface area contributed by atoms with E-state index in [1.165, 1.54) is 13.3 Å². The van der Waals surface area contributed by atoms with Crippen LogP contribution in [0.1, 0.15) is 11.1 Å². The number of rotatable bonds is 8. The van der Waals surface area contributed by atoms with E-state index in [9.17, 15) is 19.8 Å². The number of carbonyl (C=O) groups excluding carboxylic acids is 2. The van der Waals surface area contributed by atoms with Crippen molar-refractivity contribution in [3.05, 3.63) is 59.7 Å². The number of hydrogen-bond acceptors (Lipinski definition) is 7. The molecule has 0 aliphatic carbocycles. The van der Waals surface area contributed by atoms with Gasteiger partial charge in [-0.3, -0.25) is 4.79 Å². The summed E-state index contributed by atoms with van der Waals surface area (Å²) in [7, 11) is 1.41. The van der Waals surface area contributed by atoms with E-state index in [0.29, 0.717) is 5.56 Å². The summed E-state index contributed by atoms with van der Waals surface area (Å²) in [6.07, 6.45) is 0.352. The summed E-state index contributed by atoms with van der Waals surface area (Å²) in [5.74, 6) is -0.631. The maximum Gasteiger partial charge on any atom is 0.408 e. The first-order chi connectivity index (χ1) is 13.5. The minimum Gasteiger partial charge on any atom is -0.504 e. The Morgan fingerprint density at radius 2 is 1.93 bits per heavy atom. The van der Waals surface area contributed by atoms with Gasteiger partial charge in [-0.2, -0.15) is 5.10 Å². The van der Waals surface area contributed by atoms with Crippen molar-refractivity contribution in [2.24, 2.45) is 5.10 Å². The van der Waals surface area contributed by atoms with Crippen LogP contribution in [-0.2, 0) is 16.1 Å². The molecule has 0 saturated heterocycles. The maximum atomic E-state index is 12.0. The van der Waals surface area contributed by atoms with Gasteiger partial charge < -0.3 is 25.0 Å². The fraction of sp³-hybridized carbons (Fsp3) is 0.211. The molecule has 9 nitrogen and oxygen atoms in total. The van der Waals surface area contributed by atoms with Crippen molar-refractivity contribution >= 4 is 18.2 Å². The monoisotopic (exact) mass is 387 g/mol. The molecule has 0 heterocycles. The molecule has 2 aromatic carbocycles. The molecule has 0 unspecified atom stereocenters. The zero-order valence-electron chi connectivity index (χ0n) is 15.2. The normalized spacial score (nSPS) is 11.6. The Labute approximate surface area is 161 Å². The lowest BCUT2D eigenvalue weighted by molar-refractivity contribution is -0.123. The number of benzene rings is 2. The number of amides is 2. The highest BCUT2D eigenvalue weighted by Crippen LogP contribution is 2.27. The molecule has 1 atom stereocenters. The predicted molar refractivity (Wildman–Crippen MR) is 101 cm³/mol. The lowest BCUT2D eigenvalue weighted by atomic mass is 10.2. The van der Waals surface area contributed by atoms with Gasteiger partial charge in [0.25, 0.3) is 5.91 Å². The highest BCUT2D eigenvalue weighted by atomic mass is 16.5. The molecule has 0 spiro atoms. The molecule has 0 radical (unpaired) electrons. The average Bonchev–Trinajstić information content (AvgIpc) is 2.72. The van der Waals surface area contributed by atoms with Gasteiger partial charge in [-0.15, -0.1) is 0 Å². The topological polar surface area (TPSA) is 129 Å². The number of aliphatic hydroxyl groups is 1. The van der Waals surface area contributed by atoms with Crippen molar-refractivity contribution in [1.29, 1.82) is 0 Å². The van der Waals surface area contributed by atoms with E-state index in [2.05, 4.69) is 15.8 Å². The van der Waals surface area contributed by atoms with Gasteiger partial charge in [0.2, 0.25) is 0 Å². The summed E-state index contributed by atoms with van der Waals surface area (Å²) in [4.78, 5) is 23.8. The molecule has 0 saturated carbocycles. The number of phenols is 1. The molecule has 0 aliphatic heterocycles. The van der Waals surface area contributed by atoms with Gasteiger partial charge in [0.1, 0.15) is 12.6 Å². The Morgan fingerprint density at radius 3 is 2.61 bits per heavy atom. The van der Waals surface area contributed by atoms with Crippen molar-refractivity contribution in [3.63, 3.8) is 0 Å². The number of hydrazone groups is 1. The molecule has 4 N–H and O–H groups in total. The second-order valence-electron chi connectivity index (χ2n) is 5.57. The molecular weight excluding hydrogens is 366 g/mol. The Kier molecular flexibility index (Phi) is 7.79. The molecular formula is C19H21N3O6. The molecule has 2 aromatic rings. The summed E-state index contributed by atoms with van der Waals surface area (Å²) < 4.78 is 9.97. The summed E-state index contributed by atoms with van der Waals surface area (Å²) in [6, 6.07) is 12.5. The first kappa shape index (κ1) is 20.7. The highest BCUT2D eigenvalue weighted by Gasteiger charge is 2.20. The third-order valence-electron chi connectivity index (χ3n) is 3.63. The Hall–Kier alpha value is -3.59. The van der Waals surface area contributed by atoms with Crippen LogP contribution in [0.25, 0.3) is 0 Å². The number of aromatic hydroxyl groups is 1. The molecule has 9 heteroatoms. The van der Waals surface area contributed by atoms with Crippen LogP contribution in [0, 0.1) is 0 Å². The fourth-order valence-corrected chi connectivity index (χ4v) is 2.15. The van der Waals surface area contributed by atoms with E-state index in [1.54, 1.807) is 42.5 Å². The van der Waals surface area contributed by atoms with E-state index in [-0.39, 0.29) is 18.1 Å². The number of methoxy groups -OCH3 is 1. The smallest absolute Gasteiger partial charge is 0.408 e. The van der Waals surface area contributed by atoms with Crippen molar-refractivity contribution in [2.45, 2.75) is 12.6 Å². The van der Waals surface area contributed by atoms with Crippen LogP contribution < -0.4 is 15.5 Å². The minimum absolute atomic E-state index is 0.0275. The number of alkyl carbamates (subject to hydrolysis) is 1. The first-order valence-electron chi connectivity index (χ1n) is 8.32. The molecule has 148 valence electrons. The number of hydrogen-bond donors (Lipinski definition) is 4. The van der Waals surface area contributed by atoms with Crippen LogP contribution in [-0.4, -0.2) is 48.2 Å². The first-order valence-corrected chi connectivity index (χ1v) is 8.32. The maximum absolute atomic E-state index is 12.0. The molecule has 2 amide bonds. The standard InChI is InChI=1S/C19H21N3O6/c1-27-16-9-5-8-14(17(16)24)10-20-22-18(25)15(11-23)21-19(26)28-12-13-6-3-2-4-7-13/h2-10,15,23-24H,11-12H2,1H3,(H,21,26)(H,22,25)/b20-10+/t15-/m0/s1. The number of nitrogens with zero attached hydrogens (tertiary/aromatic N) is 1. The predicted octanol–water partition coefficient (Wildman–Crippen LogP) is 1.14. The largest absolute Gasteiger partial charge is 0.504 e. The SMILES string of the molecule is COc1cccc(/C=N/NC(=O)[C@H](CO)NC(=O)OCc2ccccc2)c1O. The van der Waals surface area contributed by atoms with E-state index in [0.717, 1.165) is 5.56 Å². The highest BCUT2D eigenvalue weighted by molar-refractivity contribution is 5.88. The van der Waals surface area contributed by atoms with Crippen LogP contribution in [0.4, 0.5) is 4.79 Å². The fourth-order valence-electron chi connectivity index (χ4n) is 2.15. The van der Waals surface area contributed by atoms with E-state index in [1.807, 2.05) is 6.07 Å². The molecule has 0 aromatic heterocycles. The zero-order chi connectivity index (χ0) is 20.4. The van der Waals surface area contributed by atoms with Crippen LogP contribution in [0.15, 0.2) is 53.6 Å². The van der Waals surface area contributed by atoms with Gasteiger partial charge in [0.15, 0.2) is 11.5 Å². The molecule has 2 rings (SSSR count). The van der Waals surface area contributed by atoms with Crippen molar-refractivity contribution < 1.29 is 29.3 Å². The summed E-state index contributed by atoms with van der Waals surface area (Å²) in [5.41, 5.74) is 3.27. The summed E-state index contributed by atoms with van der Waals surface area (Å²) >= 11 is 0. The second kappa shape index (κ2) is 10.5. The Morgan fingerprint density at radius 1 is 1.18 bits per heavy atom. The number of carbonyl (C=O) groups is 2. The molecule has 0 fully saturated rings. The van der Waals surface area contributed by atoms with Gasteiger partial charge in [0, 0.05) is 5.56 Å². The average molecular weight is 387 g/mol. The Balaban J connectivity index is 1.86. The molecule has 28 heavy (non-hydrogen) atoms. The third-order valence-corrected chi connectivity index (χ3v) is 3.63. The summed E-state index contributed by atoms with van der Waals surface area (Å²) in [6.45, 7) is -0.619. The van der Waals surface area contributed by atoms with Gasteiger partial charge in [-0.05, 0) is 17.7 Å². The van der Waals surface area contributed by atoms with Crippen LogP contribution in [0.2, 0.25) is 0 Å². The van der Waals surface area contributed by atoms with Crippen LogP contribution in [0.5, 0.6) is 11.5 Å². The van der Waals surface area contributed by atoms with E-state index in [4.69, 9.17) is 9.47 Å². The molecule has 0 aliphatic rings. The van der Waals surface area contributed by atoms with Gasteiger partial charge in [-0.25, -0.2) is 10.2 Å².